The Hall–Kier alpha value is -1.28. The first-order valence-electron chi connectivity index (χ1n) is 19.1. The van der Waals surface area contributed by atoms with Gasteiger partial charge in [0.2, 0.25) is 5.91 Å². The number of hydrogen-bond acceptors (Lipinski definition) is 6. The lowest BCUT2D eigenvalue weighted by atomic mass is 10.0. The number of unbranched alkanes of at least 4 members (excludes halogenated alkanes) is 20. The van der Waals surface area contributed by atoms with Crippen molar-refractivity contribution in [1.29, 1.82) is 0 Å². The number of rotatable bonds is 35. The number of allylic oxidation sites excluding steroid dienone is 5. The van der Waals surface area contributed by atoms with Crippen LogP contribution in [0, 0.1) is 0 Å². The number of aliphatic hydroxyl groups is 1. The maximum atomic E-state index is 12.7. The van der Waals surface area contributed by atoms with E-state index in [1.807, 2.05) is 19.1 Å². The minimum atomic E-state index is -4.34. The lowest BCUT2D eigenvalue weighted by molar-refractivity contribution is -0.123. The van der Waals surface area contributed by atoms with Crippen molar-refractivity contribution in [1.82, 2.24) is 5.32 Å². The molecule has 0 aliphatic rings. The fraction of sp³-hybridized carbons (Fsp3) is 0.816. The highest BCUT2D eigenvalue weighted by atomic mass is 31.2. The molecule has 0 fully saturated rings. The summed E-state index contributed by atoms with van der Waals surface area (Å²) in [6.45, 7) is 3.86. The number of amides is 1. The predicted molar refractivity (Wildman–Crippen MR) is 198 cm³/mol. The third kappa shape index (κ3) is 33.0. The maximum Gasteiger partial charge on any atom is 0.472 e. The Bertz CT molecular complexity index is 835. The molecule has 0 radical (unpaired) electrons. The molecule has 276 valence electrons. The predicted octanol–water partition coefficient (Wildman–Crippen LogP) is 10.00. The van der Waals surface area contributed by atoms with E-state index in [0.29, 0.717) is 6.42 Å². The van der Waals surface area contributed by atoms with Crippen LogP contribution in [0.4, 0.5) is 0 Å². The molecule has 0 aromatic heterocycles. The van der Waals surface area contributed by atoms with Crippen molar-refractivity contribution < 1.29 is 28.4 Å². The molecule has 1 amide bonds. The van der Waals surface area contributed by atoms with E-state index in [4.69, 9.17) is 14.8 Å². The zero-order valence-electron chi connectivity index (χ0n) is 30.3. The topological polar surface area (TPSA) is 131 Å². The fourth-order valence-electron chi connectivity index (χ4n) is 5.41. The van der Waals surface area contributed by atoms with Crippen molar-refractivity contribution in [2.45, 2.75) is 180 Å². The lowest BCUT2D eigenvalue weighted by Gasteiger charge is -2.23. The Labute approximate surface area is 289 Å². The summed E-state index contributed by atoms with van der Waals surface area (Å²) in [5.41, 5.74) is 5.34. The quantitative estimate of drug-likeness (QED) is 0.0297. The van der Waals surface area contributed by atoms with Crippen LogP contribution in [0.3, 0.4) is 0 Å². The number of carbonyl (C=O) groups is 1. The summed E-state index contributed by atoms with van der Waals surface area (Å²) in [5.74, 6) is -0.210. The van der Waals surface area contributed by atoms with Gasteiger partial charge >= 0.3 is 7.82 Å². The van der Waals surface area contributed by atoms with E-state index in [-0.39, 0.29) is 25.7 Å². The molecule has 0 saturated heterocycles. The van der Waals surface area contributed by atoms with Crippen LogP contribution in [-0.4, -0.2) is 47.8 Å². The Balaban J connectivity index is 4.16. The molecule has 3 unspecified atom stereocenters. The Kier molecular flexibility index (Phi) is 33.6. The van der Waals surface area contributed by atoms with Gasteiger partial charge in [-0.05, 0) is 39.0 Å². The highest BCUT2D eigenvalue weighted by molar-refractivity contribution is 7.47. The minimum absolute atomic E-state index is 0.0721. The summed E-state index contributed by atoms with van der Waals surface area (Å²) >= 11 is 0. The van der Waals surface area contributed by atoms with Crippen LogP contribution in [0.15, 0.2) is 36.5 Å². The molecule has 0 aromatic carbocycles. The lowest BCUT2D eigenvalue weighted by Crippen LogP contribution is -2.45. The molecule has 0 aliphatic carbocycles. The number of nitrogens with one attached hydrogen (secondary N) is 1. The van der Waals surface area contributed by atoms with E-state index in [1.54, 1.807) is 6.08 Å². The highest BCUT2D eigenvalue weighted by Crippen LogP contribution is 2.43. The summed E-state index contributed by atoms with van der Waals surface area (Å²) < 4.78 is 22.0. The van der Waals surface area contributed by atoms with Crippen molar-refractivity contribution in [3.8, 4) is 0 Å². The first-order valence-corrected chi connectivity index (χ1v) is 20.6. The second-order valence-electron chi connectivity index (χ2n) is 12.8. The largest absolute Gasteiger partial charge is 0.472 e. The van der Waals surface area contributed by atoms with Gasteiger partial charge < -0.3 is 21.1 Å². The van der Waals surface area contributed by atoms with E-state index < -0.39 is 20.0 Å². The average Bonchev–Trinajstić information content (AvgIpc) is 3.05. The number of phosphoric ester groups is 1. The number of phosphoric acid groups is 1. The van der Waals surface area contributed by atoms with Crippen LogP contribution in [0.2, 0.25) is 0 Å². The summed E-state index contributed by atoms with van der Waals surface area (Å²) in [6, 6.07) is -0.877. The van der Waals surface area contributed by atoms with Gasteiger partial charge in [-0.15, -0.1) is 0 Å². The van der Waals surface area contributed by atoms with Crippen LogP contribution < -0.4 is 11.1 Å². The van der Waals surface area contributed by atoms with Crippen molar-refractivity contribution in [2.24, 2.45) is 5.73 Å². The molecule has 9 heteroatoms. The summed E-state index contributed by atoms with van der Waals surface area (Å²) in [5, 5.41) is 13.5. The van der Waals surface area contributed by atoms with Crippen molar-refractivity contribution >= 4 is 13.7 Å². The second-order valence-corrected chi connectivity index (χ2v) is 14.2. The molecule has 0 saturated carbocycles. The number of aliphatic hydroxyl groups excluding tert-OH is 1. The third-order valence-electron chi connectivity index (χ3n) is 8.29. The van der Waals surface area contributed by atoms with Gasteiger partial charge in [0.15, 0.2) is 0 Å². The standard InChI is InChI=1S/C38H73N2O6P/c1-3-5-7-9-11-13-14-15-16-17-18-19-20-21-22-24-26-28-30-32-38(42)40-36(35-46-47(43,44)45-34-33-39)37(41)31-29-27-25-23-12-10-8-6-4-2/h4,6,12,23,29,31,36-37,41H,3,5,7-11,13-22,24-28,30,32-35,39H2,1-2H3,(H,40,42)(H,43,44)/b6-4+,23-12+,31-29+. The molecule has 8 nitrogen and oxygen atoms in total. The van der Waals surface area contributed by atoms with Gasteiger partial charge in [-0.2, -0.15) is 0 Å². The van der Waals surface area contributed by atoms with E-state index in [0.717, 1.165) is 44.9 Å². The maximum absolute atomic E-state index is 12.7. The normalized spacial score (nSPS) is 14.7. The first kappa shape index (κ1) is 45.7. The van der Waals surface area contributed by atoms with Gasteiger partial charge in [0.1, 0.15) is 0 Å². The summed E-state index contributed by atoms with van der Waals surface area (Å²) in [7, 11) is -4.34. The molecule has 0 aromatic rings. The van der Waals surface area contributed by atoms with Crippen LogP contribution in [0.1, 0.15) is 168 Å². The zero-order chi connectivity index (χ0) is 34.7. The van der Waals surface area contributed by atoms with Crippen LogP contribution in [-0.2, 0) is 18.4 Å². The van der Waals surface area contributed by atoms with Gasteiger partial charge in [-0.25, -0.2) is 4.57 Å². The number of hydrogen-bond donors (Lipinski definition) is 4. The molecule has 5 N–H and O–H groups in total. The molecular weight excluding hydrogens is 611 g/mol. The smallest absolute Gasteiger partial charge is 0.387 e. The van der Waals surface area contributed by atoms with Gasteiger partial charge in [-0.1, -0.05) is 159 Å². The monoisotopic (exact) mass is 685 g/mol. The average molecular weight is 685 g/mol. The van der Waals surface area contributed by atoms with Crippen molar-refractivity contribution in [3.05, 3.63) is 36.5 Å². The number of nitrogens with two attached hydrogens (primary N) is 1. The molecule has 0 rings (SSSR count). The highest BCUT2D eigenvalue weighted by Gasteiger charge is 2.26. The molecule has 0 heterocycles. The fourth-order valence-corrected chi connectivity index (χ4v) is 6.17. The van der Waals surface area contributed by atoms with Crippen LogP contribution in [0.5, 0.6) is 0 Å². The molecule has 0 bridgehead atoms. The van der Waals surface area contributed by atoms with E-state index >= 15 is 0 Å². The SMILES string of the molecule is C/C=C/CC/C=C/CC/C=C/C(O)C(COP(=O)(O)OCCN)NC(=O)CCCCCCCCCCCCCCCCCCCCC. The zero-order valence-corrected chi connectivity index (χ0v) is 31.2. The van der Waals surface area contributed by atoms with Gasteiger partial charge in [0, 0.05) is 13.0 Å². The molecule has 0 aliphatic heterocycles. The Morgan fingerprint density at radius 3 is 1.64 bits per heavy atom. The van der Waals surface area contributed by atoms with E-state index in [2.05, 4.69) is 30.5 Å². The molecule has 0 spiro atoms. The Morgan fingerprint density at radius 1 is 0.723 bits per heavy atom. The summed E-state index contributed by atoms with van der Waals surface area (Å²) in [6.07, 6.45) is 39.4. The Morgan fingerprint density at radius 2 is 1.17 bits per heavy atom. The van der Waals surface area contributed by atoms with Gasteiger partial charge in [0.05, 0.1) is 25.4 Å². The molecule has 47 heavy (non-hydrogen) atoms. The van der Waals surface area contributed by atoms with Crippen LogP contribution >= 0.6 is 7.82 Å². The molecular formula is C38H73N2O6P. The number of carbonyl (C=O) groups excluding carboxylic acids is 1. The second kappa shape index (κ2) is 34.6. The van der Waals surface area contributed by atoms with E-state index in [9.17, 15) is 19.4 Å². The van der Waals surface area contributed by atoms with Gasteiger partial charge in [-0.3, -0.25) is 13.8 Å². The summed E-state index contributed by atoms with van der Waals surface area (Å²) in [4.78, 5) is 22.5. The van der Waals surface area contributed by atoms with Crippen molar-refractivity contribution in [3.63, 3.8) is 0 Å². The first-order chi connectivity index (χ1) is 22.9. The van der Waals surface area contributed by atoms with Gasteiger partial charge in [0.25, 0.3) is 0 Å². The van der Waals surface area contributed by atoms with Crippen LogP contribution in [0.25, 0.3) is 0 Å². The molecule has 3 atom stereocenters. The van der Waals surface area contributed by atoms with Crippen molar-refractivity contribution in [2.75, 3.05) is 19.8 Å². The third-order valence-corrected chi connectivity index (χ3v) is 9.28. The minimum Gasteiger partial charge on any atom is -0.387 e. The van der Waals surface area contributed by atoms with E-state index in [1.165, 1.54) is 103 Å².